The third-order valence-electron chi connectivity index (χ3n) is 8.37. The summed E-state index contributed by atoms with van der Waals surface area (Å²) in [5.74, 6) is -5.29. The van der Waals surface area contributed by atoms with Crippen LogP contribution >= 0.6 is 0 Å². The lowest BCUT2D eigenvalue weighted by atomic mass is 9.98. The maximum atomic E-state index is 14.6. The van der Waals surface area contributed by atoms with Gasteiger partial charge < -0.3 is 24.8 Å². The highest BCUT2D eigenvalue weighted by atomic mass is 19.4. The van der Waals surface area contributed by atoms with Crippen LogP contribution in [-0.4, -0.2) is 57.5 Å². The van der Waals surface area contributed by atoms with Crippen molar-refractivity contribution in [1.82, 2.24) is 25.2 Å². The van der Waals surface area contributed by atoms with Gasteiger partial charge in [-0.1, -0.05) is 12.1 Å². The van der Waals surface area contributed by atoms with E-state index in [9.17, 15) is 36.3 Å². The summed E-state index contributed by atoms with van der Waals surface area (Å²) in [5, 5.41) is 9.11. The van der Waals surface area contributed by atoms with Crippen molar-refractivity contribution in [1.29, 1.82) is 0 Å². The molecule has 2 N–H and O–H groups in total. The second-order valence-corrected chi connectivity index (χ2v) is 12.2. The minimum Gasteiger partial charge on any atom is -0.459 e. The van der Waals surface area contributed by atoms with Crippen LogP contribution in [0.4, 0.5) is 22.0 Å². The molecular formula is C33H30F5N5O6. The molecule has 2 aliphatic rings. The van der Waals surface area contributed by atoms with Crippen molar-refractivity contribution in [2.75, 3.05) is 13.2 Å². The first kappa shape index (κ1) is 33.9. The van der Waals surface area contributed by atoms with Crippen LogP contribution in [0.25, 0.3) is 5.65 Å². The van der Waals surface area contributed by atoms with Gasteiger partial charge in [0.2, 0.25) is 0 Å². The third kappa shape index (κ3) is 6.96. The molecule has 2 aromatic carbocycles. The second kappa shape index (κ2) is 12.8. The number of benzene rings is 2. The smallest absolute Gasteiger partial charge is 0.419 e. The first-order valence-corrected chi connectivity index (χ1v) is 15.2. The highest BCUT2D eigenvalue weighted by molar-refractivity contribution is 5.98. The molecule has 11 nitrogen and oxygen atoms in total. The zero-order valence-electron chi connectivity index (χ0n) is 26.4. The molecule has 4 aromatic rings. The lowest BCUT2D eigenvalue weighted by Crippen LogP contribution is -2.31. The quantitative estimate of drug-likeness (QED) is 0.196. The number of nitrogens with zero attached hydrogens (tertiary/aromatic N) is 3. The molecule has 0 spiro atoms. The molecule has 1 saturated heterocycles. The van der Waals surface area contributed by atoms with Gasteiger partial charge in [0.1, 0.15) is 29.9 Å². The van der Waals surface area contributed by atoms with Crippen LogP contribution in [0.3, 0.4) is 0 Å². The standard InChI is InChI=1S/C33H30F5N5O6/c1-16-19-7-9-25(21(19)6-5-20(16)31(46)47-14-18-15-48-32(2,3)49-18)42-30(45)27-11-26(41-28-24(35)13-40-43(27)28)29(44)39-12-17-4-8-23(34)22(10-17)33(36,37)38/h4-6,8,10-11,13,18,25H,7,9,12,14-15H2,1-3H3,(H,39,44)(H,42,45)/t18?,25-/m0/s1. The summed E-state index contributed by atoms with van der Waals surface area (Å²) in [7, 11) is 0. The molecule has 6 rings (SSSR count). The van der Waals surface area contributed by atoms with Crippen molar-refractivity contribution in [3.05, 3.63) is 99.0 Å². The number of ether oxygens (including phenoxy) is 3. The first-order valence-electron chi connectivity index (χ1n) is 15.2. The molecule has 1 unspecified atom stereocenters. The molecule has 2 amide bonds. The maximum Gasteiger partial charge on any atom is 0.419 e. The van der Waals surface area contributed by atoms with E-state index in [0.717, 1.165) is 34.0 Å². The van der Waals surface area contributed by atoms with E-state index in [-0.39, 0.29) is 24.0 Å². The van der Waals surface area contributed by atoms with Crippen molar-refractivity contribution in [2.24, 2.45) is 0 Å². The van der Waals surface area contributed by atoms with Crippen molar-refractivity contribution >= 4 is 23.4 Å². The number of amides is 2. The number of fused-ring (bicyclic) bond motifs is 2. The molecule has 3 heterocycles. The molecule has 0 radical (unpaired) electrons. The average Bonchev–Trinajstić information content (AvgIpc) is 3.74. The number of halogens is 5. The highest BCUT2D eigenvalue weighted by Gasteiger charge is 2.35. The van der Waals surface area contributed by atoms with Gasteiger partial charge in [-0.2, -0.15) is 18.3 Å². The molecule has 49 heavy (non-hydrogen) atoms. The van der Waals surface area contributed by atoms with E-state index in [4.69, 9.17) is 14.2 Å². The lowest BCUT2D eigenvalue weighted by Gasteiger charge is -2.18. The summed E-state index contributed by atoms with van der Waals surface area (Å²) >= 11 is 0. The molecule has 1 fully saturated rings. The van der Waals surface area contributed by atoms with Crippen LogP contribution in [0.1, 0.15) is 85.5 Å². The van der Waals surface area contributed by atoms with Crippen LogP contribution in [0.5, 0.6) is 0 Å². The van der Waals surface area contributed by atoms with Gasteiger partial charge in [0, 0.05) is 12.6 Å². The van der Waals surface area contributed by atoms with Crippen molar-refractivity contribution < 1.29 is 50.5 Å². The summed E-state index contributed by atoms with van der Waals surface area (Å²) in [6, 6.07) is 6.20. The van der Waals surface area contributed by atoms with Crippen LogP contribution < -0.4 is 10.6 Å². The Bertz CT molecular complexity index is 1980. The molecule has 0 saturated carbocycles. The number of alkyl halides is 3. The predicted molar refractivity (Wildman–Crippen MR) is 160 cm³/mol. The Morgan fingerprint density at radius 3 is 2.57 bits per heavy atom. The van der Waals surface area contributed by atoms with Crippen molar-refractivity contribution in [2.45, 2.75) is 64.3 Å². The predicted octanol–water partition coefficient (Wildman–Crippen LogP) is 4.99. The van der Waals surface area contributed by atoms with Gasteiger partial charge in [-0.15, -0.1) is 0 Å². The van der Waals surface area contributed by atoms with E-state index in [1.165, 1.54) is 0 Å². The number of aromatic nitrogens is 3. The van der Waals surface area contributed by atoms with Gasteiger partial charge in [0.15, 0.2) is 17.3 Å². The van der Waals surface area contributed by atoms with Crippen molar-refractivity contribution in [3.63, 3.8) is 0 Å². The Morgan fingerprint density at radius 1 is 1.08 bits per heavy atom. The molecule has 2 atom stereocenters. The van der Waals surface area contributed by atoms with E-state index in [0.29, 0.717) is 42.7 Å². The minimum atomic E-state index is -4.94. The van der Waals surface area contributed by atoms with Crippen LogP contribution in [0.15, 0.2) is 42.6 Å². The Balaban J connectivity index is 1.17. The normalized spacial score (nSPS) is 18.4. The fraction of sp³-hybridized carbons (Fsp3) is 0.364. The Hall–Kier alpha value is -4.96. The van der Waals surface area contributed by atoms with Gasteiger partial charge >= 0.3 is 12.1 Å². The topological polar surface area (TPSA) is 133 Å². The number of rotatable bonds is 8. The van der Waals surface area contributed by atoms with Crippen LogP contribution in [-0.2, 0) is 33.4 Å². The van der Waals surface area contributed by atoms with E-state index in [1.807, 2.05) is 0 Å². The highest BCUT2D eigenvalue weighted by Crippen LogP contribution is 2.35. The molecule has 1 aliphatic heterocycles. The number of nitrogens with one attached hydrogen (secondary N) is 2. The number of hydrogen-bond donors (Lipinski definition) is 2. The fourth-order valence-electron chi connectivity index (χ4n) is 5.96. The lowest BCUT2D eigenvalue weighted by molar-refractivity contribution is -0.142. The van der Waals surface area contributed by atoms with E-state index >= 15 is 0 Å². The fourth-order valence-corrected chi connectivity index (χ4v) is 5.96. The Labute approximate surface area is 275 Å². The zero-order chi connectivity index (χ0) is 35.2. The van der Waals surface area contributed by atoms with Gasteiger partial charge in [-0.05, 0) is 74.1 Å². The van der Waals surface area contributed by atoms with Gasteiger partial charge in [-0.25, -0.2) is 23.1 Å². The van der Waals surface area contributed by atoms with Gasteiger partial charge in [0.25, 0.3) is 11.8 Å². The molecule has 1 aliphatic carbocycles. The van der Waals surface area contributed by atoms with Crippen LogP contribution in [0.2, 0.25) is 0 Å². The summed E-state index contributed by atoms with van der Waals surface area (Å²) in [5.41, 5.74) is 0.0977. The number of hydrogen-bond acceptors (Lipinski definition) is 8. The van der Waals surface area contributed by atoms with Crippen LogP contribution in [0, 0.1) is 18.6 Å². The number of esters is 1. The molecule has 2 aromatic heterocycles. The molecule has 0 bridgehead atoms. The van der Waals surface area contributed by atoms with Gasteiger partial charge in [0.05, 0.1) is 30.0 Å². The number of carbonyl (C=O) groups excluding carboxylic acids is 3. The zero-order valence-corrected chi connectivity index (χ0v) is 26.4. The first-order chi connectivity index (χ1) is 23.1. The molecular weight excluding hydrogens is 657 g/mol. The maximum absolute atomic E-state index is 14.6. The monoisotopic (exact) mass is 687 g/mol. The van der Waals surface area contributed by atoms with E-state index in [1.54, 1.807) is 32.9 Å². The molecule has 16 heteroatoms. The Kier molecular flexibility index (Phi) is 8.87. The van der Waals surface area contributed by atoms with E-state index in [2.05, 4.69) is 20.7 Å². The Morgan fingerprint density at radius 2 is 1.86 bits per heavy atom. The molecule has 258 valence electrons. The largest absolute Gasteiger partial charge is 0.459 e. The van der Waals surface area contributed by atoms with E-state index < -0.39 is 70.9 Å². The average molecular weight is 688 g/mol. The summed E-state index contributed by atoms with van der Waals surface area (Å²) < 4.78 is 85.2. The van der Waals surface area contributed by atoms with Gasteiger partial charge in [-0.3, -0.25) is 9.59 Å². The minimum absolute atomic E-state index is 0.0249. The second-order valence-electron chi connectivity index (χ2n) is 12.2. The van der Waals surface area contributed by atoms with Crippen molar-refractivity contribution in [3.8, 4) is 0 Å². The SMILES string of the molecule is Cc1c(C(=O)OCC2COC(C)(C)O2)ccc2c1CC[C@@H]2NC(=O)c1cc(C(=O)NCc2ccc(F)c(C(F)(F)F)c2)nc2c(F)cnn12. The summed E-state index contributed by atoms with van der Waals surface area (Å²) in [4.78, 5) is 43.4. The third-order valence-corrected chi connectivity index (χ3v) is 8.37. The summed E-state index contributed by atoms with van der Waals surface area (Å²) in [6.45, 7) is 5.22. The number of carbonyl (C=O) groups is 3. The summed E-state index contributed by atoms with van der Waals surface area (Å²) in [6.07, 6.45) is -3.49.